The average molecular weight is 324 g/mol. The standard InChI is InChI=1S/C16H28N4O3/c1-3-12-4-7-16(8-5-12)14(22)20(15(23)19-16)10-13(21)18-9-6-11(2)17/h11-12H,3-10,17H2,1-2H3,(H,18,21)(H,19,23). The highest BCUT2D eigenvalue weighted by Crippen LogP contribution is 2.37. The van der Waals surface area contributed by atoms with Crippen molar-refractivity contribution in [2.75, 3.05) is 13.1 Å². The third-order valence-electron chi connectivity index (χ3n) is 5.01. The Morgan fingerprint density at radius 1 is 1.43 bits per heavy atom. The molecule has 0 aromatic rings. The van der Waals surface area contributed by atoms with Crippen LogP contribution in [0.3, 0.4) is 0 Å². The number of imide groups is 1. The first-order valence-corrected chi connectivity index (χ1v) is 8.54. The van der Waals surface area contributed by atoms with Crippen LogP contribution in [0.15, 0.2) is 0 Å². The van der Waals surface area contributed by atoms with Crippen molar-refractivity contribution in [3.05, 3.63) is 0 Å². The van der Waals surface area contributed by atoms with E-state index in [1.807, 2.05) is 6.92 Å². The largest absolute Gasteiger partial charge is 0.354 e. The molecule has 1 unspecified atom stereocenters. The van der Waals surface area contributed by atoms with E-state index in [4.69, 9.17) is 5.73 Å². The first-order valence-electron chi connectivity index (χ1n) is 8.54. The summed E-state index contributed by atoms with van der Waals surface area (Å²) in [6.07, 6.45) is 4.98. The molecule has 1 atom stereocenters. The van der Waals surface area contributed by atoms with Crippen molar-refractivity contribution in [3.63, 3.8) is 0 Å². The van der Waals surface area contributed by atoms with Crippen molar-refractivity contribution < 1.29 is 14.4 Å². The summed E-state index contributed by atoms with van der Waals surface area (Å²) in [5.41, 5.74) is 4.84. The Kier molecular flexibility index (Phi) is 5.62. The van der Waals surface area contributed by atoms with Crippen LogP contribution in [0.5, 0.6) is 0 Å². The van der Waals surface area contributed by atoms with Gasteiger partial charge in [-0.05, 0) is 44.9 Å². The molecule has 2 rings (SSSR count). The second-order valence-corrected chi connectivity index (χ2v) is 6.87. The van der Waals surface area contributed by atoms with Crippen molar-refractivity contribution in [2.45, 2.75) is 64.0 Å². The van der Waals surface area contributed by atoms with Crippen LogP contribution in [0.1, 0.15) is 52.4 Å². The zero-order chi connectivity index (χ0) is 17.0. The van der Waals surface area contributed by atoms with Crippen LogP contribution >= 0.6 is 0 Å². The van der Waals surface area contributed by atoms with Gasteiger partial charge in [0.05, 0.1) is 0 Å². The van der Waals surface area contributed by atoms with Gasteiger partial charge in [0.25, 0.3) is 5.91 Å². The third kappa shape index (κ3) is 4.02. The molecule has 23 heavy (non-hydrogen) atoms. The lowest BCUT2D eigenvalue weighted by atomic mass is 9.75. The predicted octanol–water partition coefficient (Wildman–Crippen LogP) is 0.731. The lowest BCUT2D eigenvalue weighted by molar-refractivity contribution is -0.136. The molecule has 2 aliphatic rings. The van der Waals surface area contributed by atoms with Gasteiger partial charge in [0.15, 0.2) is 0 Å². The minimum atomic E-state index is -0.783. The SMILES string of the molecule is CCC1CCC2(CC1)NC(=O)N(CC(=O)NCCC(C)N)C2=O. The predicted molar refractivity (Wildman–Crippen MR) is 86.5 cm³/mol. The van der Waals surface area contributed by atoms with Crippen LogP contribution in [0.4, 0.5) is 4.79 Å². The maximum absolute atomic E-state index is 12.6. The average Bonchev–Trinajstić information content (AvgIpc) is 2.72. The molecule has 1 spiro atoms. The summed E-state index contributed by atoms with van der Waals surface area (Å²) >= 11 is 0. The van der Waals surface area contributed by atoms with Gasteiger partial charge in [0.1, 0.15) is 12.1 Å². The molecule has 0 radical (unpaired) electrons. The van der Waals surface area contributed by atoms with Gasteiger partial charge in [0.2, 0.25) is 5.91 Å². The molecule has 0 bridgehead atoms. The fourth-order valence-corrected chi connectivity index (χ4v) is 3.38. The maximum atomic E-state index is 12.6. The number of nitrogens with two attached hydrogens (primary N) is 1. The first kappa shape index (κ1) is 17.7. The second-order valence-electron chi connectivity index (χ2n) is 6.87. The molecule has 7 heteroatoms. The Balaban J connectivity index is 1.90. The monoisotopic (exact) mass is 324 g/mol. The molecule has 1 saturated carbocycles. The van der Waals surface area contributed by atoms with E-state index in [1.54, 1.807) is 0 Å². The second kappa shape index (κ2) is 7.29. The topological polar surface area (TPSA) is 105 Å². The number of nitrogens with zero attached hydrogens (tertiary/aromatic N) is 1. The Hall–Kier alpha value is -1.63. The molecule has 1 aliphatic heterocycles. The fraction of sp³-hybridized carbons (Fsp3) is 0.812. The van der Waals surface area contributed by atoms with E-state index in [9.17, 15) is 14.4 Å². The summed E-state index contributed by atoms with van der Waals surface area (Å²) in [7, 11) is 0. The number of rotatable bonds is 6. The van der Waals surface area contributed by atoms with Gasteiger partial charge in [-0.2, -0.15) is 0 Å². The summed E-state index contributed by atoms with van der Waals surface area (Å²) in [4.78, 5) is 37.7. The Morgan fingerprint density at radius 3 is 2.65 bits per heavy atom. The molecule has 130 valence electrons. The summed E-state index contributed by atoms with van der Waals surface area (Å²) in [5, 5.41) is 5.53. The molecule has 0 aromatic heterocycles. The highest BCUT2D eigenvalue weighted by atomic mass is 16.2. The zero-order valence-corrected chi connectivity index (χ0v) is 14.1. The van der Waals surface area contributed by atoms with Crippen LogP contribution in [-0.4, -0.2) is 47.4 Å². The number of urea groups is 1. The normalized spacial score (nSPS) is 28.8. The number of nitrogens with one attached hydrogen (secondary N) is 2. The summed E-state index contributed by atoms with van der Waals surface area (Å²) < 4.78 is 0. The molecule has 4 N–H and O–H groups in total. The van der Waals surface area contributed by atoms with Gasteiger partial charge in [-0.25, -0.2) is 4.79 Å². The molecule has 1 aliphatic carbocycles. The minimum Gasteiger partial charge on any atom is -0.354 e. The van der Waals surface area contributed by atoms with Crippen molar-refractivity contribution >= 4 is 17.8 Å². The Morgan fingerprint density at radius 2 is 2.09 bits per heavy atom. The molecule has 1 saturated heterocycles. The van der Waals surface area contributed by atoms with Gasteiger partial charge in [0, 0.05) is 12.6 Å². The molecule has 7 nitrogen and oxygen atoms in total. The van der Waals surface area contributed by atoms with Crippen LogP contribution in [0, 0.1) is 5.92 Å². The van der Waals surface area contributed by atoms with Crippen molar-refractivity contribution in [1.82, 2.24) is 15.5 Å². The fourth-order valence-electron chi connectivity index (χ4n) is 3.38. The third-order valence-corrected chi connectivity index (χ3v) is 5.01. The lowest BCUT2D eigenvalue weighted by Gasteiger charge is -2.34. The number of hydrogen-bond donors (Lipinski definition) is 3. The first-order chi connectivity index (χ1) is 10.9. The zero-order valence-electron chi connectivity index (χ0n) is 14.1. The van der Waals surface area contributed by atoms with Crippen LogP contribution < -0.4 is 16.4 Å². The Bertz CT molecular complexity index is 470. The van der Waals surface area contributed by atoms with Crippen molar-refractivity contribution in [1.29, 1.82) is 0 Å². The quantitative estimate of drug-likeness (QED) is 0.626. The van der Waals surface area contributed by atoms with Crippen LogP contribution in [-0.2, 0) is 9.59 Å². The Labute approximate surface area is 137 Å². The van der Waals surface area contributed by atoms with Crippen LogP contribution in [0.2, 0.25) is 0 Å². The molecular formula is C16H28N4O3. The van der Waals surface area contributed by atoms with E-state index in [1.165, 1.54) is 0 Å². The van der Waals surface area contributed by atoms with Crippen LogP contribution in [0.25, 0.3) is 0 Å². The van der Waals surface area contributed by atoms with E-state index in [-0.39, 0.29) is 24.4 Å². The number of carbonyl (C=O) groups excluding carboxylic acids is 3. The van der Waals surface area contributed by atoms with E-state index < -0.39 is 11.6 Å². The lowest BCUT2D eigenvalue weighted by Crippen LogP contribution is -2.50. The molecule has 0 aromatic carbocycles. The highest BCUT2D eigenvalue weighted by molar-refractivity contribution is 6.09. The van der Waals surface area contributed by atoms with Gasteiger partial charge in [-0.1, -0.05) is 13.3 Å². The van der Waals surface area contributed by atoms with E-state index >= 15 is 0 Å². The van der Waals surface area contributed by atoms with E-state index in [0.717, 1.165) is 24.2 Å². The number of carbonyl (C=O) groups is 3. The van der Waals surface area contributed by atoms with E-state index in [0.29, 0.717) is 31.7 Å². The number of hydrogen-bond acceptors (Lipinski definition) is 4. The number of amides is 4. The van der Waals surface area contributed by atoms with Crippen molar-refractivity contribution in [2.24, 2.45) is 11.7 Å². The molecule has 1 heterocycles. The maximum Gasteiger partial charge on any atom is 0.325 e. The minimum absolute atomic E-state index is 0.00374. The molecular weight excluding hydrogens is 296 g/mol. The molecule has 4 amide bonds. The van der Waals surface area contributed by atoms with Gasteiger partial charge in [-0.15, -0.1) is 0 Å². The molecule has 2 fully saturated rings. The summed E-state index contributed by atoms with van der Waals surface area (Å²) in [5.74, 6) is 0.0498. The highest BCUT2D eigenvalue weighted by Gasteiger charge is 2.52. The summed E-state index contributed by atoms with van der Waals surface area (Å²) in [6.45, 7) is 4.24. The summed E-state index contributed by atoms with van der Waals surface area (Å²) in [6, 6.07) is -0.448. The van der Waals surface area contributed by atoms with Gasteiger partial charge >= 0.3 is 6.03 Å². The van der Waals surface area contributed by atoms with E-state index in [2.05, 4.69) is 17.6 Å². The van der Waals surface area contributed by atoms with Crippen molar-refractivity contribution in [3.8, 4) is 0 Å². The van der Waals surface area contributed by atoms with Gasteiger partial charge in [-0.3, -0.25) is 14.5 Å². The van der Waals surface area contributed by atoms with Gasteiger partial charge < -0.3 is 16.4 Å². The smallest absolute Gasteiger partial charge is 0.325 e.